The number of hydrogen-bond acceptors (Lipinski definition) is 5. The second kappa shape index (κ2) is 8.21. The van der Waals surface area contributed by atoms with Crippen molar-refractivity contribution in [1.29, 1.82) is 0 Å². The van der Waals surface area contributed by atoms with Crippen LogP contribution in [0.5, 0.6) is 11.5 Å². The Morgan fingerprint density at radius 3 is 2.50 bits per heavy atom. The van der Waals surface area contributed by atoms with Gasteiger partial charge in [0.1, 0.15) is 0 Å². The summed E-state index contributed by atoms with van der Waals surface area (Å²) >= 11 is 0. The molecule has 0 saturated carbocycles. The molecule has 0 bridgehead atoms. The normalized spacial score (nSPS) is 14.7. The predicted octanol–water partition coefficient (Wildman–Crippen LogP) is 3.91. The van der Waals surface area contributed by atoms with E-state index >= 15 is 0 Å². The molecule has 0 saturated heterocycles. The Morgan fingerprint density at radius 1 is 1.00 bits per heavy atom. The van der Waals surface area contributed by atoms with Gasteiger partial charge in [-0.3, -0.25) is 19.5 Å². The van der Waals surface area contributed by atoms with Gasteiger partial charge in [-0.05, 0) is 54.5 Å². The van der Waals surface area contributed by atoms with Crippen LogP contribution < -0.4 is 4.74 Å². The third-order valence-corrected chi connectivity index (χ3v) is 4.81. The second-order valence-corrected chi connectivity index (χ2v) is 6.78. The number of carbonyl (C=O) groups excluding carboxylic acids is 2. The molecule has 4 rings (SSSR count). The molecule has 2 aromatic carbocycles. The highest BCUT2D eigenvalue weighted by Crippen LogP contribution is 2.33. The number of ether oxygens (including phenoxy) is 1. The maximum absolute atomic E-state index is 13.3. The lowest BCUT2D eigenvalue weighted by Gasteiger charge is -2.28. The summed E-state index contributed by atoms with van der Waals surface area (Å²) < 4.78 is 5.44. The number of phenols is 1. The van der Waals surface area contributed by atoms with E-state index in [-0.39, 0.29) is 18.2 Å². The zero-order chi connectivity index (χ0) is 21.1. The molecule has 1 aromatic heterocycles. The maximum atomic E-state index is 13.3. The van der Waals surface area contributed by atoms with E-state index in [1.807, 2.05) is 13.0 Å². The maximum Gasteiger partial charge on any atom is 0.261 e. The summed E-state index contributed by atoms with van der Waals surface area (Å²) in [6, 6.07) is 17.3. The van der Waals surface area contributed by atoms with Crippen LogP contribution in [0.25, 0.3) is 11.6 Å². The lowest BCUT2D eigenvalue weighted by atomic mass is 9.92. The highest BCUT2D eigenvalue weighted by Gasteiger charge is 2.34. The van der Waals surface area contributed by atoms with Gasteiger partial charge in [-0.1, -0.05) is 30.3 Å². The minimum atomic E-state index is -0.393. The third-order valence-electron chi connectivity index (χ3n) is 4.81. The summed E-state index contributed by atoms with van der Waals surface area (Å²) in [6.45, 7) is 2.32. The second-order valence-electron chi connectivity index (χ2n) is 6.78. The lowest BCUT2D eigenvalue weighted by Crippen LogP contribution is -2.41. The fourth-order valence-electron chi connectivity index (χ4n) is 3.40. The molecular formula is C24H20N2O4. The SMILES string of the molecule is CCOc1cc(/C=C2\C(=O)N(Cc3ccccn3)C(=O)c3ccccc32)ccc1O. The first-order chi connectivity index (χ1) is 14.6. The first-order valence-electron chi connectivity index (χ1n) is 9.61. The zero-order valence-corrected chi connectivity index (χ0v) is 16.4. The molecule has 3 aromatic rings. The van der Waals surface area contributed by atoms with Crippen molar-refractivity contribution in [2.45, 2.75) is 13.5 Å². The van der Waals surface area contributed by atoms with Crippen LogP contribution >= 0.6 is 0 Å². The van der Waals surface area contributed by atoms with Crippen molar-refractivity contribution < 1.29 is 19.4 Å². The van der Waals surface area contributed by atoms with E-state index in [9.17, 15) is 14.7 Å². The lowest BCUT2D eigenvalue weighted by molar-refractivity contribution is -0.123. The Kier molecular flexibility index (Phi) is 5.30. The molecular weight excluding hydrogens is 380 g/mol. The number of pyridine rings is 1. The number of phenolic OH excluding ortho intramolecular Hbond substituents is 1. The molecule has 2 heterocycles. The van der Waals surface area contributed by atoms with Crippen LogP contribution in [0.15, 0.2) is 66.9 Å². The molecule has 1 N–H and O–H groups in total. The van der Waals surface area contributed by atoms with E-state index < -0.39 is 5.91 Å². The third kappa shape index (κ3) is 3.67. The quantitative estimate of drug-likeness (QED) is 0.519. The van der Waals surface area contributed by atoms with Gasteiger partial charge in [0.05, 0.1) is 18.8 Å². The highest BCUT2D eigenvalue weighted by atomic mass is 16.5. The number of benzene rings is 2. The summed E-state index contributed by atoms with van der Waals surface area (Å²) in [5.41, 5.74) is 2.75. The number of imide groups is 1. The molecule has 0 fully saturated rings. The number of rotatable bonds is 5. The van der Waals surface area contributed by atoms with Crippen LogP contribution in [0.1, 0.15) is 34.1 Å². The first-order valence-corrected chi connectivity index (χ1v) is 9.61. The number of carbonyl (C=O) groups is 2. The van der Waals surface area contributed by atoms with Gasteiger partial charge in [-0.15, -0.1) is 0 Å². The molecule has 0 spiro atoms. The number of aromatic hydroxyl groups is 1. The smallest absolute Gasteiger partial charge is 0.261 e. The van der Waals surface area contributed by atoms with Gasteiger partial charge in [-0.2, -0.15) is 0 Å². The standard InChI is InChI=1S/C24H20N2O4/c1-2-30-22-14-16(10-11-21(22)27)13-20-18-8-3-4-9-19(18)23(28)26(24(20)29)15-17-7-5-6-12-25-17/h3-14,27H,2,15H2,1H3/b20-13-. The Labute approximate surface area is 174 Å². The molecule has 0 unspecified atom stereocenters. The van der Waals surface area contributed by atoms with Crippen LogP contribution in [-0.2, 0) is 11.3 Å². The van der Waals surface area contributed by atoms with Crippen LogP contribution in [-0.4, -0.2) is 33.4 Å². The van der Waals surface area contributed by atoms with Crippen molar-refractivity contribution in [3.63, 3.8) is 0 Å². The highest BCUT2D eigenvalue weighted by molar-refractivity contribution is 6.33. The number of fused-ring (bicyclic) bond motifs is 1. The van der Waals surface area contributed by atoms with Gasteiger partial charge in [0.2, 0.25) is 0 Å². The Balaban J connectivity index is 1.79. The topological polar surface area (TPSA) is 79.7 Å². The van der Waals surface area contributed by atoms with Crippen molar-refractivity contribution in [2.24, 2.45) is 0 Å². The molecule has 0 radical (unpaired) electrons. The predicted molar refractivity (Wildman–Crippen MR) is 113 cm³/mol. The van der Waals surface area contributed by atoms with Crippen molar-refractivity contribution >= 4 is 23.5 Å². The molecule has 150 valence electrons. The van der Waals surface area contributed by atoms with Crippen molar-refractivity contribution in [1.82, 2.24) is 9.88 Å². The number of nitrogens with zero attached hydrogens (tertiary/aromatic N) is 2. The van der Waals surface area contributed by atoms with Crippen molar-refractivity contribution in [3.05, 3.63) is 89.2 Å². The largest absolute Gasteiger partial charge is 0.504 e. The molecule has 1 aliphatic rings. The monoisotopic (exact) mass is 400 g/mol. The molecule has 0 aliphatic carbocycles. The molecule has 6 heteroatoms. The average Bonchev–Trinajstić information content (AvgIpc) is 2.77. The molecule has 2 amide bonds. The number of hydrogen-bond donors (Lipinski definition) is 1. The molecule has 6 nitrogen and oxygen atoms in total. The van der Waals surface area contributed by atoms with Gasteiger partial charge in [0, 0.05) is 17.3 Å². The van der Waals surface area contributed by atoms with Gasteiger partial charge in [0.25, 0.3) is 11.8 Å². The van der Waals surface area contributed by atoms with Gasteiger partial charge in [0.15, 0.2) is 11.5 Å². The Bertz CT molecular complexity index is 1140. The van der Waals surface area contributed by atoms with Gasteiger partial charge >= 0.3 is 0 Å². The fourth-order valence-corrected chi connectivity index (χ4v) is 3.40. The summed E-state index contributed by atoms with van der Waals surface area (Å²) in [5.74, 6) is -0.374. The summed E-state index contributed by atoms with van der Waals surface area (Å²) in [4.78, 5) is 31.8. The van der Waals surface area contributed by atoms with E-state index in [4.69, 9.17) is 4.74 Å². The van der Waals surface area contributed by atoms with Crippen molar-refractivity contribution in [3.8, 4) is 11.5 Å². The van der Waals surface area contributed by atoms with E-state index in [2.05, 4.69) is 4.98 Å². The number of amides is 2. The van der Waals surface area contributed by atoms with E-state index in [1.165, 1.54) is 11.0 Å². The van der Waals surface area contributed by atoms with Crippen LogP contribution in [0, 0.1) is 0 Å². The Morgan fingerprint density at radius 2 is 1.77 bits per heavy atom. The van der Waals surface area contributed by atoms with Crippen molar-refractivity contribution in [2.75, 3.05) is 6.61 Å². The van der Waals surface area contributed by atoms with E-state index in [1.54, 1.807) is 60.8 Å². The van der Waals surface area contributed by atoms with Gasteiger partial charge in [-0.25, -0.2) is 0 Å². The first kappa shape index (κ1) is 19.4. The summed E-state index contributed by atoms with van der Waals surface area (Å²) in [6.07, 6.45) is 3.34. The minimum absolute atomic E-state index is 0.0290. The van der Waals surface area contributed by atoms with Gasteiger partial charge < -0.3 is 9.84 Å². The number of aromatic nitrogens is 1. The van der Waals surface area contributed by atoms with Crippen LogP contribution in [0.3, 0.4) is 0 Å². The summed E-state index contributed by atoms with van der Waals surface area (Å²) in [5, 5.41) is 9.95. The molecule has 1 aliphatic heterocycles. The molecule has 0 atom stereocenters. The zero-order valence-electron chi connectivity index (χ0n) is 16.4. The average molecular weight is 400 g/mol. The Hall–Kier alpha value is -3.93. The van der Waals surface area contributed by atoms with Crippen LogP contribution in [0.2, 0.25) is 0 Å². The minimum Gasteiger partial charge on any atom is -0.504 e. The van der Waals surface area contributed by atoms with Crippen LogP contribution in [0.4, 0.5) is 0 Å². The van der Waals surface area contributed by atoms with E-state index in [0.29, 0.717) is 40.3 Å². The van der Waals surface area contributed by atoms with E-state index in [0.717, 1.165) is 0 Å². The fraction of sp³-hybridized carbons (Fsp3) is 0.125. The molecule has 30 heavy (non-hydrogen) atoms. The summed E-state index contributed by atoms with van der Waals surface area (Å²) in [7, 11) is 0.